The van der Waals surface area contributed by atoms with Crippen molar-refractivity contribution in [1.82, 2.24) is 0 Å². The lowest BCUT2D eigenvalue weighted by Gasteiger charge is -2.14. The second-order valence-corrected chi connectivity index (χ2v) is 7.12. The molecular weight excluding hydrogens is 231 g/mol. The smallest absolute Gasteiger partial charge is 0.305 e. The first-order chi connectivity index (χ1) is 7.47. The molecule has 0 N–H and O–H groups in total. The first kappa shape index (κ1) is 15.2. The third kappa shape index (κ3) is 5.91. The maximum absolute atomic E-state index is 12.2. The number of hydrogen-bond acceptors (Lipinski definition) is 5. The maximum atomic E-state index is 12.2. The molecule has 0 spiro atoms. The Balaban J connectivity index is 4.15. The minimum Gasteiger partial charge on any atom is -0.469 e. The van der Waals surface area contributed by atoms with Crippen molar-refractivity contribution in [2.45, 2.75) is 19.8 Å². The van der Waals surface area contributed by atoms with Crippen LogP contribution in [0.15, 0.2) is 0 Å². The highest BCUT2D eigenvalue weighted by Crippen LogP contribution is 2.46. The van der Waals surface area contributed by atoms with Gasteiger partial charge in [0.15, 0.2) is 0 Å². The first-order valence-electron chi connectivity index (χ1n) is 5.18. The summed E-state index contributed by atoms with van der Waals surface area (Å²) in [5.74, 6) is -0.738. The van der Waals surface area contributed by atoms with Gasteiger partial charge in [-0.2, -0.15) is 0 Å². The fourth-order valence-electron chi connectivity index (χ4n) is 1.22. The van der Waals surface area contributed by atoms with Gasteiger partial charge < -0.3 is 14.0 Å². The molecule has 0 unspecified atom stereocenters. The molecule has 0 aliphatic rings. The van der Waals surface area contributed by atoms with E-state index in [9.17, 15) is 14.2 Å². The summed E-state index contributed by atoms with van der Waals surface area (Å²) >= 11 is 0. The molecule has 0 saturated carbocycles. The first-order valence-corrected chi connectivity index (χ1v) is 7.44. The second kappa shape index (κ2) is 7.44. The molecule has 6 heteroatoms. The lowest BCUT2D eigenvalue weighted by molar-refractivity contribution is -0.140. The van der Waals surface area contributed by atoms with Crippen LogP contribution in [0.5, 0.6) is 0 Å². The predicted molar refractivity (Wildman–Crippen MR) is 61.1 cm³/mol. The number of hydrogen-bond donors (Lipinski definition) is 0. The topological polar surface area (TPSA) is 69.7 Å². The van der Waals surface area contributed by atoms with Crippen molar-refractivity contribution in [3.63, 3.8) is 0 Å². The van der Waals surface area contributed by atoms with E-state index in [1.807, 2.05) is 0 Å². The molecule has 0 aromatic heterocycles. The number of carbonyl (C=O) groups is 2. The fraction of sp³-hybridized carbons (Fsp3) is 0.800. The Labute approximate surface area is 95.9 Å². The van der Waals surface area contributed by atoms with Gasteiger partial charge in [0, 0.05) is 12.3 Å². The maximum Gasteiger partial charge on any atom is 0.305 e. The minimum atomic E-state index is -2.44. The molecule has 0 rings (SSSR count). The van der Waals surface area contributed by atoms with Gasteiger partial charge in [0.25, 0.3) is 0 Å². The molecule has 0 saturated heterocycles. The molecule has 0 heterocycles. The Hall–Kier alpha value is -0.830. The molecule has 0 aromatic carbocycles. The predicted octanol–water partition coefficient (Wildman–Crippen LogP) is 1.50. The lowest BCUT2D eigenvalue weighted by atomic mass is 10.5. The van der Waals surface area contributed by atoms with Gasteiger partial charge in [-0.25, -0.2) is 0 Å². The Morgan fingerprint density at radius 3 is 1.62 bits per heavy atom. The highest BCUT2D eigenvalue weighted by atomic mass is 31.2. The van der Waals surface area contributed by atoms with Crippen molar-refractivity contribution in [1.29, 1.82) is 0 Å². The van der Waals surface area contributed by atoms with Crippen LogP contribution in [0.2, 0.25) is 0 Å². The van der Waals surface area contributed by atoms with Crippen LogP contribution < -0.4 is 0 Å². The van der Waals surface area contributed by atoms with Gasteiger partial charge in [-0.15, -0.1) is 0 Å². The molecule has 0 amide bonds. The summed E-state index contributed by atoms with van der Waals surface area (Å²) in [6.07, 6.45) is 1.37. The molecule has 0 aromatic rings. The van der Waals surface area contributed by atoms with Crippen LogP contribution >= 0.6 is 7.14 Å². The van der Waals surface area contributed by atoms with E-state index in [1.165, 1.54) is 14.2 Å². The van der Waals surface area contributed by atoms with Crippen molar-refractivity contribution < 1.29 is 23.6 Å². The van der Waals surface area contributed by atoms with E-state index in [0.29, 0.717) is 18.5 Å². The Morgan fingerprint density at radius 2 is 1.38 bits per heavy atom. The summed E-state index contributed by atoms with van der Waals surface area (Å²) in [7, 11) is 0.162. The van der Waals surface area contributed by atoms with Crippen LogP contribution in [0.4, 0.5) is 0 Å². The molecule has 5 nitrogen and oxygen atoms in total. The van der Waals surface area contributed by atoms with Crippen LogP contribution in [0.25, 0.3) is 0 Å². The van der Waals surface area contributed by atoms with Crippen LogP contribution in [-0.2, 0) is 23.6 Å². The summed E-state index contributed by atoms with van der Waals surface area (Å²) in [6, 6.07) is 0. The van der Waals surface area contributed by atoms with Crippen molar-refractivity contribution in [3.8, 4) is 0 Å². The van der Waals surface area contributed by atoms with Gasteiger partial charge in [-0.1, -0.05) is 6.92 Å². The normalized spacial score (nSPS) is 10.9. The van der Waals surface area contributed by atoms with Gasteiger partial charge in [0.05, 0.1) is 34.2 Å². The Kier molecular flexibility index (Phi) is 7.06. The molecule has 0 aliphatic carbocycles. The van der Waals surface area contributed by atoms with Gasteiger partial charge in [-0.05, 0) is 6.16 Å². The summed E-state index contributed by atoms with van der Waals surface area (Å²) in [4.78, 5) is 21.9. The van der Waals surface area contributed by atoms with E-state index in [4.69, 9.17) is 0 Å². The molecule has 0 fully saturated rings. The van der Waals surface area contributed by atoms with Crippen LogP contribution in [0.1, 0.15) is 19.8 Å². The summed E-state index contributed by atoms with van der Waals surface area (Å²) in [5, 5.41) is 0. The van der Waals surface area contributed by atoms with Gasteiger partial charge >= 0.3 is 11.9 Å². The van der Waals surface area contributed by atoms with Gasteiger partial charge in [-0.3, -0.25) is 9.59 Å². The quantitative estimate of drug-likeness (QED) is 0.506. The Bertz CT molecular complexity index is 263. The highest BCUT2D eigenvalue weighted by Gasteiger charge is 2.22. The molecule has 0 radical (unpaired) electrons. The van der Waals surface area contributed by atoms with Crippen molar-refractivity contribution in [2.24, 2.45) is 0 Å². The molecular formula is C10H19O5P. The van der Waals surface area contributed by atoms with Crippen molar-refractivity contribution in [2.75, 3.05) is 32.7 Å². The summed E-state index contributed by atoms with van der Waals surface area (Å²) < 4.78 is 21.2. The van der Waals surface area contributed by atoms with E-state index in [0.717, 1.165) is 0 Å². The van der Waals surface area contributed by atoms with E-state index in [1.54, 1.807) is 6.92 Å². The molecule has 94 valence electrons. The van der Waals surface area contributed by atoms with E-state index < -0.39 is 7.14 Å². The lowest BCUT2D eigenvalue weighted by Crippen LogP contribution is -2.09. The van der Waals surface area contributed by atoms with Gasteiger partial charge in [0.2, 0.25) is 0 Å². The largest absolute Gasteiger partial charge is 0.469 e. The average molecular weight is 250 g/mol. The molecule has 16 heavy (non-hydrogen) atoms. The zero-order chi connectivity index (χ0) is 12.6. The average Bonchev–Trinajstić information content (AvgIpc) is 2.32. The van der Waals surface area contributed by atoms with Crippen LogP contribution in [-0.4, -0.2) is 44.6 Å². The van der Waals surface area contributed by atoms with E-state index in [2.05, 4.69) is 9.47 Å². The summed E-state index contributed by atoms with van der Waals surface area (Å²) in [5.41, 5.74) is 0. The third-order valence-corrected chi connectivity index (χ3v) is 5.71. The van der Waals surface area contributed by atoms with E-state index in [-0.39, 0.29) is 24.8 Å². The van der Waals surface area contributed by atoms with Crippen molar-refractivity contribution in [3.05, 3.63) is 0 Å². The number of ether oxygens (including phenoxy) is 2. The highest BCUT2D eigenvalue weighted by molar-refractivity contribution is 7.63. The monoisotopic (exact) mass is 250 g/mol. The molecule has 0 atom stereocenters. The Morgan fingerprint density at radius 1 is 1.00 bits per heavy atom. The van der Waals surface area contributed by atoms with Crippen LogP contribution in [0.3, 0.4) is 0 Å². The minimum absolute atomic E-state index is 0.142. The molecule has 0 aliphatic heterocycles. The summed E-state index contributed by atoms with van der Waals surface area (Å²) in [6.45, 7) is 1.80. The van der Waals surface area contributed by atoms with Crippen molar-refractivity contribution >= 4 is 19.1 Å². The zero-order valence-corrected chi connectivity index (χ0v) is 10.9. The standard InChI is InChI=1S/C10H19O5P/c1-4-16(13,7-5-9(11)14-2)8-6-10(12)15-3/h4-8H2,1-3H3. The number of methoxy groups -OCH3 is 2. The number of rotatable bonds is 7. The number of carbonyl (C=O) groups excluding carboxylic acids is 2. The van der Waals surface area contributed by atoms with Gasteiger partial charge in [0.1, 0.15) is 0 Å². The van der Waals surface area contributed by atoms with Crippen LogP contribution in [0, 0.1) is 0 Å². The third-order valence-electron chi connectivity index (χ3n) is 2.48. The number of esters is 2. The molecule has 0 bridgehead atoms. The fourth-order valence-corrected chi connectivity index (χ4v) is 3.26. The zero-order valence-electron chi connectivity index (χ0n) is 10.0. The SMILES string of the molecule is CCP(=O)(CCC(=O)OC)CCC(=O)OC. The second-order valence-electron chi connectivity index (χ2n) is 3.47. The van der Waals surface area contributed by atoms with E-state index >= 15 is 0 Å².